The molecule has 0 fully saturated rings. The maximum Gasteiger partial charge on any atom is 0.333 e. The molecule has 1 aliphatic rings. The molecule has 2 rings (SSSR count). The molecule has 160 valence electrons. The highest BCUT2D eigenvalue weighted by atomic mass is 16.5. The zero-order chi connectivity index (χ0) is 23.0. The van der Waals surface area contributed by atoms with Crippen molar-refractivity contribution in [2.24, 2.45) is 5.41 Å². The highest BCUT2D eigenvalue weighted by Crippen LogP contribution is 2.39. The molecule has 0 aromatic heterocycles. The van der Waals surface area contributed by atoms with Gasteiger partial charge in [-0.3, -0.25) is 0 Å². The minimum absolute atomic E-state index is 0.00285. The number of carbonyl (C=O) groups excluding carboxylic acids is 1. The number of carbonyl (C=O) groups is 1. The summed E-state index contributed by atoms with van der Waals surface area (Å²) in [6.07, 6.45) is 7.69. The van der Waals surface area contributed by atoms with Crippen molar-refractivity contribution in [1.29, 1.82) is 10.5 Å². The summed E-state index contributed by atoms with van der Waals surface area (Å²) < 4.78 is 5.14. The molecule has 0 atom stereocenters. The van der Waals surface area contributed by atoms with Gasteiger partial charge in [0.1, 0.15) is 24.3 Å². The number of ether oxygens (including phenoxy) is 1. The van der Waals surface area contributed by atoms with E-state index >= 15 is 0 Å². The van der Waals surface area contributed by atoms with Crippen LogP contribution in [0.2, 0.25) is 0 Å². The molecule has 31 heavy (non-hydrogen) atoms. The van der Waals surface area contributed by atoms with Gasteiger partial charge in [-0.2, -0.15) is 10.5 Å². The maximum atomic E-state index is 11.5. The zero-order valence-corrected chi connectivity index (χ0v) is 18.7. The second kappa shape index (κ2) is 10.5. The van der Waals surface area contributed by atoms with Crippen LogP contribution < -0.4 is 4.90 Å². The standard InChI is InChI=1S/C26H29N3O2/c1-19(2)25(30)31-13-12-29(5)24-10-8-20(9-11-24)6-7-21-14-22(23(17-27)18-28)16-26(3,4)15-21/h6-11,14H,1,12-13,15-16H2,2-5H3/b7-6+. The second-order valence-electron chi connectivity index (χ2n) is 8.62. The summed E-state index contributed by atoms with van der Waals surface area (Å²) in [6.45, 7) is 10.4. The molecule has 0 saturated carbocycles. The van der Waals surface area contributed by atoms with Gasteiger partial charge in [-0.25, -0.2) is 4.79 Å². The molecular formula is C26H29N3O2. The summed E-state index contributed by atoms with van der Waals surface area (Å²) >= 11 is 0. The third-order valence-electron chi connectivity index (χ3n) is 5.09. The number of nitriles is 2. The Kier molecular flexibility index (Phi) is 8.00. The van der Waals surface area contributed by atoms with Crippen LogP contribution in [0.1, 0.15) is 39.2 Å². The quantitative estimate of drug-likeness (QED) is 0.341. The Morgan fingerprint density at radius 1 is 1.19 bits per heavy atom. The van der Waals surface area contributed by atoms with Crippen LogP contribution >= 0.6 is 0 Å². The van der Waals surface area contributed by atoms with E-state index in [2.05, 4.69) is 26.5 Å². The van der Waals surface area contributed by atoms with Crippen LogP contribution in [-0.4, -0.2) is 26.2 Å². The number of hydrogen-bond acceptors (Lipinski definition) is 5. The van der Waals surface area contributed by atoms with Crippen LogP contribution in [0.25, 0.3) is 6.08 Å². The van der Waals surface area contributed by atoms with Gasteiger partial charge in [-0.1, -0.05) is 50.8 Å². The molecular weight excluding hydrogens is 386 g/mol. The van der Waals surface area contributed by atoms with Gasteiger partial charge >= 0.3 is 5.97 Å². The van der Waals surface area contributed by atoms with E-state index in [-0.39, 0.29) is 17.0 Å². The second-order valence-corrected chi connectivity index (χ2v) is 8.62. The van der Waals surface area contributed by atoms with Crippen LogP contribution in [0.4, 0.5) is 5.69 Å². The maximum absolute atomic E-state index is 11.5. The summed E-state index contributed by atoms with van der Waals surface area (Å²) in [5.41, 5.74) is 4.60. The van der Waals surface area contributed by atoms with Gasteiger partial charge in [0.25, 0.3) is 0 Å². The van der Waals surface area contributed by atoms with E-state index in [1.165, 1.54) is 0 Å². The molecule has 0 heterocycles. The summed E-state index contributed by atoms with van der Waals surface area (Å²) in [6, 6.07) is 12.1. The lowest BCUT2D eigenvalue weighted by Gasteiger charge is -2.30. The highest BCUT2D eigenvalue weighted by Gasteiger charge is 2.26. The Hall–Kier alpha value is -3.57. The third kappa shape index (κ3) is 7.01. The fourth-order valence-electron chi connectivity index (χ4n) is 3.46. The van der Waals surface area contributed by atoms with Crippen molar-refractivity contribution in [1.82, 2.24) is 0 Å². The lowest BCUT2D eigenvalue weighted by molar-refractivity contribution is -0.138. The van der Waals surface area contributed by atoms with E-state index < -0.39 is 0 Å². The number of rotatable bonds is 7. The van der Waals surface area contributed by atoms with E-state index in [0.717, 1.165) is 35.2 Å². The largest absolute Gasteiger partial charge is 0.460 e. The van der Waals surface area contributed by atoms with E-state index in [0.29, 0.717) is 18.7 Å². The first-order chi connectivity index (χ1) is 14.6. The van der Waals surface area contributed by atoms with Gasteiger partial charge in [-0.15, -0.1) is 0 Å². The van der Waals surface area contributed by atoms with Crippen LogP contribution in [0.15, 0.2) is 65.3 Å². The minimum Gasteiger partial charge on any atom is -0.460 e. The Labute approximate surface area is 185 Å². The van der Waals surface area contributed by atoms with Crippen LogP contribution in [0, 0.1) is 28.1 Å². The van der Waals surface area contributed by atoms with Crippen LogP contribution in [0.3, 0.4) is 0 Å². The Bertz CT molecular complexity index is 996. The first-order valence-electron chi connectivity index (χ1n) is 10.2. The molecule has 0 amide bonds. The molecule has 5 nitrogen and oxygen atoms in total. The molecule has 1 aromatic rings. The average molecular weight is 416 g/mol. The minimum atomic E-state index is -0.372. The number of nitrogens with zero attached hydrogens (tertiary/aromatic N) is 3. The average Bonchev–Trinajstić information content (AvgIpc) is 2.72. The van der Waals surface area contributed by atoms with Crippen molar-refractivity contribution in [2.75, 3.05) is 25.1 Å². The number of likely N-dealkylation sites (N-methyl/N-ethyl adjacent to an activating group) is 1. The van der Waals surface area contributed by atoms with Crippen LogP contribution in [-0.2, 0) is 9.53 Å². The van der Waals surface area contributed by atoms with Crippen molar-refractivity contribution in [3.05, 3.63) is 70.9 Å². The van der Waals surface area contributed by atoms with Crippen molar-refractivity contribution >= 4 is 17.7 Å². The number of hydrogen-bond donors (Lipinski definition) is 0. The number of anilines is 1. The number of benzene rings is 1. The normalized spacial score (nSPS) is 14.9. The number of esters is 1. The van der Waals surface area contributed by atoms with Gasteiger partial charge in [-0.05, 0) is 54.0 Å². The van der Waals surface area contributed by atoms with Crippen molar-refractivity contribution in [2.45, 2.75) is 33.6 Å². The third-order valence-corrected chi connectivity index (χ3v) is 5.09. The summed E-state index contributed by atoms with van der Waals surface area (Å²) in [7, 11) is 1.95. The first kappa shape index (κ1) is 23.7. The van der Waals surface area contributed by atoms with Crippen molar-refractivity contribution in [3.63, 3.8) is 0 Å². The summed E-state index contributed by atoms with van der Waals surface area (Å²) in [4.78, 5) is 13.5. The Balaban J connectivity index is 2.06. The predicted molar refractivity (Wildman–Crippen MR) is 124 cm³/mol. The molecule has 0 saturated heterocycles. The topological polar surface area (TPSA) is 77.1 Å². The van der Waals surface area contributed by atoms with Crippen LogP contribution in [0.5, 0.6) is 0 Å². The monoisotopic (exact) mass is 415 g/mol. The number of allylic oxidation sites excluding steroid dienone is 5. The van der Waals surface area contributed by atoms with Gasteiger partial charge in [0.05, 0.1) is 6.54 Å². The molecule has 0 aliphatic heterocycles. The predicted octanol–water partition coefficient (Wildman–Crippen LogP) is 5.35. The lowest BCUT2D eigenvalue weighted by Crippen LogP contribution is -2.24. The van der Waals surface area contributed by atoms with Crippen molar-refractivity contribution in [3.8, 4) is 12.1 Å². The smallest absolute Gasteiger partial charge is 0.333 e. The molecule has 1 aliphatic carbocycles. The molecule has 0 radical (unpaired) electrons. The fraction of sp³-hybridized carbons (Fsp3) is 0.346. The van der Waals surface area contributed by atoms with E-state index in [4.69, 9.17) is 4.74 Å². The zero-order valence-electron chi connectivity index (χ0n) is 18.7. The Morgan fingerprint density at radius 2 is 1.84 bits per heavy atom. The Morgan fingerprint density at radius 3 is 2.42 bits per heavy atom. The molecule has 5 heteroatoms. The molecule has 0 spiro atoms. The first-order valence-corrected chi connectivity index (χ1v) is 10.2. The highest BCUT2D eigenvalue weighted by molar-refractivity contribution is 5.86. The summed E-state index contributed by atoms with van der Waals surface area (Å²) in [5.74, 6) is -0.372. The van der Waals surface area contributed by atoms with Crippen molar-refractivity contribution < 1.29 is 9.53 Å². The van der Waals surface area contributed by atoms with Gasteiger partial charge < -0.3 is 9.64 Å². The van der Waals surface area contributed by atoms with Gasteiger partial charge in [0.2, 0.25) is 0 Å². The molecule has 1 aromatic carbocycles. The lowest BCUT2D eigenvalue weighted by atomic mass is 9.74. The molecule has 0 N–H and O–H groups in total. The van der Waals surface area contributed by atoms with E-state index in [9.17, 15) is 15.3 Å². The van der Waals surface area contributed by atoms with Gasteiger partial charge in [0.15, 0.2) is 0 Å². The summed E-state index contributed by atoms with van der Waals surface area (Å²) in [5, 5.41) is 18.4. The molecule has 0 unspecified atom stereocenters. The van der Waals surface area contributed by atoms with E-state index in [1.807, 2.05) is 60.5 Å². The fourth-order valence-corrected chi connectivity index (χ4v) is 3.46. The molecule has 0 bridgehead atoms. The van der Waals surface area contributed by atoms with E-state index in [1.54, 1.807) is 6.92 Å². The van der Waals surface area contributed by atoms with Gasteiger partial charge in [0, 0.05) is 18.3 Å². The SMILES string of the molecule is C=C(C)C(=O)OCCN(C)c1ccc(/C=C/C2=CC(=C(C#N)C#N)CC(C)(C)C2)cc1.